The van der Waals surface area contributed by atoms with E-state index in [-0.39, 0.29) is 40.0 Å². The van der Waals surface area contributed by atoms with E-state index < -0.39 is 20.2 Å². The van der Waals surface area contributed by atoms with Crippen LogP contribution in [-0.4, -0.2) is 78.6 Å². The molecule has 6 rings (SSSR count). The maximum absolute atomic E-state index is 12.5. The third kappa shape index (κ3) is 6.29. The van der Waals surface area contributed by atoms with Crippen LogP contribution in [0.25, 0.3) is 10.8 Å². The third-order valence-electron chi connectivity index (χ3n) is 7.81. The van der Waals surface area contributed by atoms with Gasteiger partial charge in [0.2, 0.25) is 0 Å². The molecule has 1 aromatic heterocycles. The van der Waals surface area contributed by atoms with E-state index in [1.54, 1.807) is 4.90 Å². The number of carbonyl (C=O) groups is 1. The number of benzene rings is 2. The minimum atomic E-state index is -1.59. The van der Waals surface area contributed by atoms with Crippen LogP contribution in [0.15, 0.2) is 55.1 Å². The molecule has 0 radical (unpaired) electrons. The molecule has 42 heavy (non-hydrogen) atoms. The van der Waals surface area contributed by atoms with Crippen LogP contribution in [0.2, 0.25) is 0 Å². The Kier molecular flexibility index (Phi) is 9.27. The zero-order chi connectivity index (χ0) is 29.1. The van der Waals surface area contributed by atoms with Crippen molar-refractivity contribution in [3.8, 4) is 6.07 Å². The zero-order valence-electron chi connectivity index (χ0n) is 23.7. The van der Waals surface area contributed by atoms with Crippen molar-refractivity contribution in [2.45, 2.75) is 25.4 Å². The fraction of sp³-hybridized carbons (Fsp3) is 0.400. The average Bonchev–Trinajstić information content (AvgIpc) is 3.02. The van der Waals surface area contributed by atoms with Gasteiger partial charge >= 0.3 is 267 Å². The number of hydrogen-bond donors (Lipinski definition) is 1. The number of nitriles is 1. The molecule has 1 amide bonds. The van der Waals surface area contributed by atoms with Gasteiger partial charge in [0.05, 0.1) is 0 Å². The first kappa shape index (κ1) is 29.3. The fourth-order valence-electron chi connectivity index (χ4n) is 5.81. The van der Waals surface area contributed by atoms with Crippen LogP contribution < -0.4 is 36.7 Å². The van der Waals surface area contributed by atoms with E-state index in [0.29, 0.717) is 32.1 Å². The van der Waals surface area contributed by atoms with Crippen LogP contribution >= 0.6 is 20.2 Å². The Bertz CT molecular complexity index is 1510. The molecule has 2 fully saturated rings. The molecule has 10 nitrogen and oxygen atoms in total. The number of nitrogens with one attached hydrogen (secondary N) is 1. The first-order valence-electron chi connectivity index (χ1n) is 14.0. The number of hydrogen-bond acceptors (Lipinski definition) is 9. The van der Waals surface area contributed by atoms with Gasteiger partial charge in [0.15, 0.2) is 0 Å². The summed E-state index contributed by atoms with van der Waals surface area (Å²) >= 11 is -1.80. The van der Waals surface area contributed by atoms with Gasteiger partial charge in [0, 0.05) is 0 Å². The molecule has 1 N–H and O–H groups in total. The number of rotatable bonds is 7. The summed E-state index contributed by atoms with van der Waals surface area (Å²) in [4.78, 5) is 31.5. The summed E-state index contributed by atoms with van der Waals surface area (Å²) in [6.45, 7) is 6.95. The number of halogens is 2. The summed E-state index contributed by atoms with van der Waals surface area (Å²) in [6, 6.07) is 17.1. The van der Waals surface area contributed by atoms with E-state index >= 15 is 0 Å². The van der Waals surface area contributed by atoms with Gasteiger partial charge in [-0.15, -0.1) is 0 Å². The van der Waals surface area contributed by atoms with Crippen molar-refractivity contribution in [2.75, 3.05) is 62.0 Å². The number of carbonyl (C=O) groups excluding carboxylic acids is 1. The molecule has 0 unspecified atom stereocenters. The van der Waals surface area contributed by atoms with Gasteiger partial charge in [-0.1, -0.05) is 0 Å². The second-order valence-electron chi connectivity index (χ2n) is 10.6. The molecule has 1 atom stereocenters. The van der Waals surface area contributed by atoms with Crippen LogP contribution in [0.5, 0.6) is 0 Å². The standard InChI is InChI=1S/C30H35I2N8O2/c1-3-28(41)40-16-15-39(17-23(40)11-13-33)29-25-12-14-38(27-10-6-8-22-7-4-5-9-24(22)27)18-26(25)35-30(36-29)34-20-32-21-37(2)19-31-42-32/h3-10,23H,1,11-12,14-21H2,2H3,(H,34,35,36)/q-1/t23-/m0/s1. The normalized spacial score (nSPS) is 20.4. The summed E-state index contributed by atoms with van der Waals surface area (Å²) in [5.41, 5.74) is 3.41. The van der Waals surface area contributed by atoms with Crippen molar-refractivity contribution in [1.29, 1.82) is 5.26 Å². The van der Waals surface area contributed by atoms with Gasteiger partial charge in [-0.3, -0.25) is 0 Å². The number of piperazine rings is 1. The number of aromatic nitrogens is 2. The van der Waals surface area contributed by atoms with Crippen LogP contribution in [0, 0.1) is 11.3 Å². The monoisotopic (exact) mass is 793 g/mol. The molecule has 3 aliphatic heterocycles. The van der Waals surface area contributed by atoms with Crippen molar-refractivity contribution < 1.29 is 27.8 Å². The molecular formula is C30H35I2N8O2-. The first-order chi connectivity index (χ1) is 20.5. The number of amides is 1. The van der Waals surface area contributed by atoms with Crippen molar-refractivity contribution in [2.24, 2.45) is 0 Å². The second-order valence-corrected chi connectivity index (χ2v) is 18.3. The zero-order valence-corrected chi connectivity index (χ0v) is 28.0. The molecular weight excluding hydrogens is 758 g/mol. The first-order valence-corrected chi connectivity index (χ1v) is 20.4. The summed E-state index contributed by atoms with van der Waals surface area (Å²) in [7, 11) is 2.18. The number of anilines is 3. The molecule has 3 aromatic rings. The average molecular weight is 793 g/mol. The Morgan fingerprint density at radius 3 is 2.90 bits per heavy atom. The van der Waals surface area contributed by atoms with Crippen molar-refractivity contribution in [3.63, 3.8) is 0 Å². The molecule has 0 spiro atoms. The Hall–Kier alpha value is -2.74. The van der Waals surface area contributed by atoms with Gasteiger partial charge in [0.1, 0.15) is 0 Å². The van der Waals surface area contributed by atoms with Crippen LogP contribution in [0.1, 0.15) is 17.7 Å². The molecule has 0 saturated carbocycles. The maximum atomic E-state index is 12.5. The van der Waals surface area contributed by atoms with E-state index in [4.69, 9.17) is 11.4 Å². The fourth-order valence-corrected chi connectivity index (χ4v) is 15.1. The topological polar surface area (TPSA) is 101 Å². The number of nitrogens with zero attached hydrogens (tertiary/aromatic N) is 7. The molecule has 0 aliphatic carbocycles. The molecule has 2 saturated heterocycles. The molecule has 3 aliphatic rings. The Balaban J connectivity index is 1.31. The van der Waals surface area contributed by atoms with Gasteiger partial charge < -0.3 is 0 Å². The molecule has 2 aromatic carbocycles. The van der Waals surface area contributed by atoms with Gasteiger partial charge in [-0.2, -0.15) is 0 Å². The van der Waals surface area contributed by atoms with E-state index in [9.17, 15) is 10.1 Å². The van der Waals surface area contributed by atoms with Crippen LogP contribution in [-0.2, 0) is 19.2 Å². The Labute approximate surface area is 265 Å². The SMILES string of the molecule is C=CC(=O)N1CCN(c2nc(NCI3CN(C)C[I-]O3)nc3c2CCN(c2cccc4ccccc24)C3)C[C@@H]1CC#N. The predicted molar refractivity (Wildman–Crippen MR) is 170 cm³/mol. The predicted octanol–water partition coefficient (Wildman–Crippen LogP) is 0.981. The summed E-state index contributed by atoms with van der Waals surface area (Å²) < 4.78 is 9.17. The minimum absolute atomic E-state index is 0.126. The summed E-state index contributed by atoms with van der Waals surface area (Å²) in [5.74, 6) is 1.43. The summed E-state index contributed by atoms with van der Waals surface area (Å²) in [6.07, 6.45) is 2.43. The van der Waals surface area contributed by atoms with E-state index in [1.165, 1.54) is 22.5 Å². The molecule has 4 heterocycles. The Morgan fingerprint density at radius 2 is 2.07 bits per heavy atom. The summed E-state index contributed by atoms with van der Waals surface area (Å²) in [5, 5.41) is 15.6. The number of fused-ring (bicyclic) bond motifs is 2. The van der Waals surface area contributed by atoms with Crippen LogP contribution in [0.4, 0.5) is 17.5 Å². The number of alkyl halides is 3. The molecule has 12 heteroatoms. The van der Waals surface area contributed by atoms with E-state index in [0.717, 1.165) is 43.7 Å². The van der Waals surface area contributed by atoms with Gasteiger partial charge in [0.25, 0.3) is 0 Å². The van der Waals surface area contributed by atoms with Crippen molar-refractivity contribution in [1.82, 2.24) is 19.8 Å². The molecule has 222 valence electrons. The van der Waals surface area contributed by atoms with Crippen molar-refractivity contribution in [3.05, 3.63) is 66.4 Å². The van der Waals surface area contributed by atoms with E-state index in [2.05, 4.69) is 82.2 Å². The van der Waals surface area contributed by atoms with Crippen molar-refractivity contribution >= 4 is 54.4 Å². The van der Waals surface area contributed by atoms with E-state index in [1.807, 2.05) is 0 Å². The Morgan fingerprint density at radius 1 is 1.21 bits per heavy atom. The van der Waals surface area contributed by atoms with Crippen LogP contribution in [0.3, 0.4) is 0 Å². The second kappa shape index (κ2) is 13.3. The molecule has 0 bridgehead atoms. The van der Waals surface area contributed by atoms with Gasteiger partial charge in [-0.25, -0.2) is 0 Å². The quantitative estimate of drug-likeness (QED) is 0.163. The third-order valence-corrected chi connectivity index (χ3v) is 17.8. The van der Waals surface area contributed by atoms with Gasteiger partial charge in [-0.05, 0) is 0 Å².